The van der Waals surface area contributed by atoms with Crippen LogP contribution in [0.3, 0.4) is 0 Å². The molecule has 6 nitrogen and oxygen atoms in total. The zero-order chi connectivity index (χ0) is 14.7. The minimum absolute atomic E-state index is 0.0980. The van der Waals surface area contributed by atoms with Crippen molar-refractivity contribution < 1.29 is 14.5 Å². The first-order chi connectivity index (χ1) is 9.52. The molecular formula is C13H15IN2O4. The Labute approximate surface area is 130 Å². The van der Waals surface area contributed by atoms with E-state index < -0.39 is 0 Å². The molecule has 1 aromatic carbocycles. The van der Waals surface area contributed by atoms with Crippen molar-refractivity contribution in [2.45, 2.75) is 12.8 Å². The smallest absolute Gasteiger partial charge is 0.308 e. The number of nitrogens with zero attached hydrogens (tertiary/aromatic N) is 2. The summed E-state index contributed by atoms with van der Waals surface area (Å²) >= 11 is 2.06. The summed E-state index contributed by atoms with van der Waals surface area (Å²) in [6.07, 6.45) is 1.33. The number of esters is 1. The van der Waals surface area contributed by atoms with E-state index in [0.717, 1.165) is 3.57 Å². The lowest BCUT2D eigenvalue weighted by molar-refractivity contribution is -0.384. The highest BCUT2D eigenvalue weighted by Crippen LogP contribution is 2.32. The van der Waals surface area contributed by atoms with Crippen LogP contribution in [0.2, 0.25) is 0 Å². The van der Waals surface area contributed by atoms with Gasteiger partial charge in [-0.15, -0.1) is 0 Å². The predicted molar refractivity (Wildman–Crippen MR) is 82.8 cm³/mol. The SMILES string of the molecule is COC(=O)C1CCN(c2ccc(I)cc2[N+](=O)[O-])CC1. The minimum Gasteiger partial charge on any atom is -0.469 e. The van der Waals surface area contributed by atoms with Crippen LogP contribution in [0.5, 0.6) is 0 Å². The molecule has 0 radical (unpaired) electrons. The lowest BCUT2D eigenvalue weighted by atomic mass is 9.96. The summed E-state index contributed by atoms with van der Waals surface area (Å²) in [5.41, 5.74) is 0.743. The van der Waals surface area contributed by atoms with Crippen LogP contribution in [0.15, 0.2) is 18.2 Å². The standard InChI is InChI=1S/C13H15IN2O4/c1-20-13(17)9-4-6-15(7-5-9)11-3-2-10(14)8-12(11)16(18)19/h2-3,8-9H,4-7H2,1H3. The first-order valence-electron chi connectivity index (χ1n) is 6.29. The Morgan fingerprint density at radius 3 is 2.65 bits per heavy atom. The van der Waals surface area contributed by atoms with E-state index in [2.05, 4.69) is 22.6 Å². The number of nitro benzene ring substituents is 1. The van der Waals surface area contributed by atoms with E-state index in [4.69, 9.17) is 4.74 Å². The lowest BCUT2D eigenvalue weighted by Crippen LogP contribution is -2.37. The molecule has 0 aliphatic carbocycles. The number of hydrogen-bond donors (Lipinski definition) is 0. The van der Waals surface area contributed by atoms with E-state index in [1.54, 1.807) is 12.1 Å². The normalized spacial score (nSPS) is 16.0. The van der Waals surface area contributed by atoms with Gasteiger partial charge in [-0.3, -0.25) is 14.9 Å². The van der Waals surface area contributed by atoms with Gasteiger partial charge in [0.05, 0.1) is 18.0 Å². The maximum atomic E-state index is 11.5. The molecule has 1 fully saturated rings. The highest BCUT2D eigenvalue weighted by molar-refractivity contribution is 14.1. The second kappa shape index (κ2) is 6.38. The Morgan fingerprint density at radius 1 is 1.45 bits per heavy atom. The topological polar surface area (TPSA) is 72.7 Å². The number of rotatable bonds is 3. The van der Waals surface area contributed by atoms with Crippen LogP contribution in [0.25, 0.3) is 0 Å². The Morgan fingerprint density at radius 2 is 2.10 bits per heavy atom. The van der Waals surface area contributed by atoms with E-state index in [-0.39, 0.29) is 22.5 Å². The molecule has 0 spiro atoms. The van der Waals surface area contributed by atoms with Crippen LogP contribution < -0.4 is 4.90 Å². The molecule has 1 heterocycles. The maximum Gasteiger partial charge on any atom is 0.308 e. The summed E-state index contributed by atoms with van der Waals surface area (Å²) in [5, 5.41) is 11.1. The van der Waals surface area contributed by atoms with Crippen LogP contribution in [0, 0.1) is 19.6 Å². The number of methoxy groups -OCH3 is 1. The van der Waals surface area contributed by atoms with Gasteiger partial charge >= 0.3 is 5.97 Å². The fraction of sp³-hybridized carbons (Fsp3) is 0.462. The molecule has 0 bridgehead atoms. The Hall–Kier alpha value is -1.38. The van der Waals surface area contributed by atoms with Crippen LogP contribution >= 0.6 is 22.6 Å². The van der Waals surface area contributed by atoms with Gasteiger partial charge in [-0.05, 0) is 47.6 Å². The van der Waals surface area contributed by atoms with Gasteiger partial charge in [-0.2, -0.15) is 0 Å². The number of halogens is 1. The highest BCUT2D eigenvalue weighted by atomic mass is 127. The fourth-order valence-corrected chi connectivity index (χ4v) is 2.91. The predicted octanol–water partition coefficient (Wildman–Crippen LogP) is 2.59. The first-order valence-corrected chi connectivity index (χ1v) is 7.37. The van der Waals surface area contributed by atoms with Crippen molar-refractivity contribution in [3.05, 3.63) is 31.9 Å². The molecule has 0 atom stereocenters. The number of carbonyl (C=O) groups excluding carboxylic acids is 1. The number of anilines is 1. The summed E-state index contributed by atoms with van der Waals surface area (Å²) in [7, 11) is 1.39. The van der Waals surface area contributed by atoms with Crippen molar-refractivity contribution in [3.8, 4) is 0 Å². The zero-order valence-corrected chi connectivity index (χ0v) is 13.2. The second-order valence-corrected chi connectivity index (χ2v) is 5.92. The Balaban J connectivity index is 2.15. The molecule has 1 aromatic rings. The van der Waals surface area contributed by atoms with Gasteiger partial charge in [-0.1, -0.05) is 0 Å². The molecule has 1 saturated heterocycles. The molecule has 2 rings (SSSR count). The van der Waals surface area contributed by atoms with Gasteiger partial charge in [-0.25, -0.2) is 0 Å². The number of ether oxygens (including phenoxy) is 1. The summed E-state index contributed by atoms with van der Waals surface area (Å²) in [4.78, 5) is 24.2. The number of nitro groups is 1. The molecule has 0 N–H and O–H groups in total. The molecule has 0 amide bonds. The van der Waals surface area contributed by atoms with Gasteiger partial charge in [0.1, 0.15) is 5.69 Å². The van der Waals surface area contributed by atoms with Crippen molar-refractivity contribution in [1.82, 2.24) is 0 Å². The van der Waals surface area contributed by atoms with Gasteiger partial charge in [0.15, 0.2) is 0 Å². The van der Waals surface area contributed by atoms with Crippen molar-refractivity contribution in [3.63, 3.8) is 0 Å². The Bertz CT molecular complexity index is 527. The number of hydrogen-bond acceptors (Lipinski definition) is 5. The lowest BCUT2D eigenvalue weighted by Gasteiger charge is -2.32. The summed E-state index contributed by atoms with van der Waals surface area (Å²) < 4.78 is 5.58. The largest absolute Gasteiger partial charge is 0.469 e. The molecule has 108 valence electrons. The molecule has 20 heavy (non-hydrogen) atoms. The van der Waals surface area contributed by atoms with E-state index in [1.807, 2.05) is 11.0 Å². The zero-order valence-electron chi connectivity index (χ0n) is 11.0. The van der Waals surface area contributed by atoms with Gasteiger partial charge in [0, 0.05) is 22.7 Å². The molecule has 0 unspecified atom stereocenters. The number of piperidine rings is 1. The van der Waals surface area contributed by atoms with E-state index in [0.29, 0.717) is 31.6 Å². The fourth-order valence-electron chi connectivity index (χ4n) is 2.43. The quantitative estimate of drug-likeness (QED) is 0.343. The number of benzene rings is 1. The highest BCUT2D eigenvalue weighted by Gasteiger charge is 2.28. The summed E-state index contributed by atoms with van der Waals surface area (Å²) in [6.45, 7) is 1.25. The molecule has 1 aliphatic heterocycles. The third-order valence-electron chi connectivity index (χ3n) is 3.50. The number of carbonyl (C=O) groups is 1. The van der Waals surface area contributed by atoms with Crippen LogP contribution in [-0.2, 0) is 9.53 Å². The van der Waals surface area contributed by atoms with Crippen molar-refractivity contribution >= 4 is 39.9 Å². The third-order valence-corrected chi connectivity index (χ3v) is 4.18. The van der Waals surface area contributed by atoms with Crippen LogP contribution in [0.1, 0.15) is 12.8 Å². The second-order valence-electron chi connectivity index (χ2n) is 4.67. The molecular weight excluding hydrogens is 375 g/mol. The van der Waals surface area contributed by atoms with Crippen molar-refractivity contribution in [2.24, 2.45) is 5.92 Å². The van der Waals surface area contributed by atoms with Crippen LogP contribution in [-0.4, -0.2) is 31.1 Å². The van der Waals surface area contributed by atoms with E-state index in [1.165, 1.54) is 7.11 Å². The monoisotopic (exact) mass is 390 g/mol. The van der Waals surface area contributed by atoms with Crippen LogP contribution in [0.4, 0.5) is 11.4 Å². The Kier molecular flexibility index (Phi) is 4.79. The average Bonchev–Trinajstić information content (AvgIpc) is 2.46. The minimum atomic E-state index is -0.357. The molecule has 7 heteroatoms. The van der Waals surface area contributed by atoms with Crippen molar-refractivity contribution in [2.75, 3.05) is 25.1 Å². The average molecular weight is 390 g/mol. The van der Waals surface area contributed by atoms with Gasteiger partial charge < -0.3 is 9.64 Å². The first kappa shape index (κ1) is 15.0. The van der Waals surface area contributed by atoms with Gasteiger partial charge in [0.2, 0.25) is 0 Å². The third kappa shape index (κ3) is 3.20. The van der Waals surface area contributed by atoms with Gasteiger partial charge in [0.25, 0.3) is 5.69 Å². The van der Waals surface area contributed by atoms with E-state index in [9.17, 15) is 14.9 Å². The molecule has 0 saturated carbocycles. The maximum absolute atomic E-state index is 11.5. The molecule has 0 aromatic heterocycles. The summed E-state index contributed by atoms with van der Waals surface area (Å²) in [6, 6.07) is 5.20. The van der Waals surface area contributed by atoms with E-state index >= 15 is 0 Å². The van der Waals surface area contributed by atoms with Crippen molar-refractivity contribution in [1.29, 1.82) is 0 Å². The molecule has 1 aliphatic rings. The summed E-state index contributed by atoms with van der Waals surface area (Å²) in [5.74, 6) is -0.291.